The van der Waals surface area contributed by atoms with Gasteiger partial charge in [-0.1, -0.05) is 44.2 Å². The Labute approximate surface area is 158 Å². The molecule has 27 heavy (non-hydrogen) atoms. The monoisotopic (exact) mass is 373 g/mol. The molecule has 144 valence electrons. The Morgan fingerprint density at radius 3 is 2.37 bits per heavy atom. The Morgan fingerprint density at radius 1 is 1.04 bits per heavy atom. The summed E-state index contributed by atoms with van der Waals surface area (Å²) in [7, 11) is 0. The zero-order valence-electron chi connectivity index (χ0n) is 15.7. The number of ether oxygens (including phenoxy) is 2. The first-order valence-corrected chi connectivity index (χ1v) is 8.80. The maximum Gasteiger partial charge on any atom is 0.344 e. The van der Waals surface area contributed by atoms with Crippen LogP contribution in [0.1, 0.15) is 37.8 Å². The van der Waals surface area contributed by atoms with E-state index in [9.17, 15) is 14.0 Å². The van der Waals surface area contributed by atoms with E-state index in [4.69, 9.17) is 9.47 Å². The van der Waals surface area contributed by atoms with Gasteiger partial charge >= 0.3 is 5.97 Å². The first-order chi connectivity index (χ1) is 12.9. The van der Waals surface area contributed by atoms with Crippen molar-refractivity contribution >= 4 is 11.9 Å². The minimum Gasteiger partial charge on any atom is -0.482 e. The van der Waals surface area contributed by atoms with Gasteiger partial charge < -0.3 is 14.8 Å². The lowest BCUT2D eigenvalue weighted by molar-refractivity contribution is -0.156. The van der Waals surface area contributed by atoms with Gasteiger partial charge in [-0.05, 0) is 42.2 Å². The average Bonchev–Trinajstić information content (AvgIpc) is 2.65. The molecule has 0 fully saturated rings. The third-order valence-electron chi connectivity index (χ3n) is 3.94. The van der Waals surface area contributed by atoms with Crippen molar-refractivity contribution in [1.82, 2.24) is 5.32 Å². The summed E-state index contributed by atoms with van der Waals surface area (Å²) in [4.78, 5) is 24.0. The van der Waals surface area contributed by atoms with E-state index >= 15 is 0 Å². The summed E-state index contributed by atoms with van der Waals surface area (Å²) < 4.78 is 23.5. The number of nitrogens with one attached hydrogen (secondary N) is 1. The van der Waals surface area contributed by atoms with Crippen molar-refractivity contribution in [2.75, 3.05) is 6.61 Å². The first kappa shape index (κ1) is 20.4. The molecule has 0 saturated heterocycles. The second-order valence-electron chi connectivity index (χ2n) is 6.46. The van der Waals surface area contributed by atoms with Crippen LogP contribution in [0.5, 0.6) is 5.75 Å². The molecule has 0 aromatic heterocycles. The molecule has 0 saturated carbocycles. The zero-order valence-corrected chi connectivity index (χ0v) is 15.7. The Balaban J connectivity index is 1.79. The lowest BCUT2D eigenvalue weighted by Crippen LogP contribution is -2.36. The predicted molar refractivity (Wildman–Crippen MR) is 99.8 cm³/mol. The number of halogens is 1. The SMILES string of the molecule is CC(C)c1ccccc1OCC(=O)O[C@@H](C)C(=O)NCc1ccc(F)cc1. The van der Waals surface area contributed by atoms with Gasteiger partial charge in [-0.15, -0.1) is 0 Å². The van der Waals surface area contributed by atoms with Crippen LogP contribution in [0.4, 0.5) is 4.39 Å². The summed E-state index contributed by atoms with van der Waals surface area (Å²) in [6.45, 7) is 5.50. The van der Waals surface area contributed by atoms with Crippen LogP contribution < -0.4 is 10.1 Å². The van der Waals surface area contributed by atoms with E-state index in [-0.39, 0.29) is 24.9 Å². The number of hydrogen-bond donors (Lipinski definition) is 1. The molecule has 0 aliphatic rings. The molecule has 1 amide bonds. The summed E-state index contributed by atoms with van der Waals surface area (Å²) in [6, 6.07) is 13.3. The number of amides is 1. The van der Waals surface area contributed by atoms with E-state index in [1.807, 2.05) is 32.0 Å². The van der Waals surface area contributed by atoms with E-state index in [2.05, 4.69) is 5.32 Å². The van der Waals surface area contributed by atoms with Crippen molar-refractivity contribution in [3.8, 4) is 5.75 Å². The van der Waals surface area contributed by atoms with Crippen LogP contribution in [0, 0.1) is 5.82 Å². The van der Waals surface area contributed by atoms with E-state index in [1.54, 1.807) is 18.2 Å². The maximum atomic E-state index is 12.9. The van der Waals surface area contributed by atoms with Crippen molar-refractivity contribution in [1.29, 1.82) is 0 Å². The van der Waals surface area contributed by atoms with Crippen molar-refractivity contribution in [3.05, 3.63) is 65.5 Å². The number of carbonyl (C=O) groups is 2. The normalized spacial score (nSPS) is 11.7. The highest BCUT2D eigenvalue weighted by Crippen LogP contribution is 2.25. The van der Waals surface area contributed by atoms with Crippen molar-refractivity contribution in [2.24, 2.45) is 0 Å². The Kier molecular flexibility index (Phi) is 7.34. The molecule has 5 nitrogen and oxygen atoms in total. The minimum atomic E-state index is -0.957. The summed E-state index contributed by atoms with van der Waals surface area (Å²) in [5.74, 6) is -0.522. The van der Waals surface area contributed by atoms with Gasteiger partial charge in [-0.2, -0.15) is 0 Å². The van der Waals surface area contributed by atoms with Gasteiger partial charge in [0.1, 0.15) is 11.6 Å². The molecule has 2 rings (SSSR count). The lowest BCUT2D eigenvalue weighted by Gasteiger charge is -2.16. The maximum absolute atomic E-state index is 12.9. The van der Waals surface area contributed by atoms with E-state index in [0.717, 1.165) is 11.1 Å². The molecule has 0 unspecified atom stereocenters. The zero-order chi connectivity index (χ0) is 19.8. The number of carbonyl (C=O) groups excluding carboxylic acids is 2. The van der Waals surface area contributed by atoms with Gasteiger partial charge in [0.15, 0.2) is 12.7 Å². The van der Waals surface area contributed by atoms with E-state index in [0.29, 0.717) is 5.75 Å². The topological polar surface area (TPSA) is 64.6 Å². The fraction of sp³-hybridized carbons (Fsp3) is 0.333. The molecular formula is C21H24FNO4. The van der Waals surface area contributed by atoms with E-state index < -0.39 is 18.0 Å². The molecule has 6 heteroatoms. The molecular weight excluding hydrogens is 349 g/mol. The van der Waals surface area contributed by atoms with Crippen LogP contribution in [0.25, 0.3) is 0 Å². The standard InChI is InChI=1S/C21H24FNO4/c1-14(2)18-6-4-5-7-19(18)26-13-20(24)27-15(3)21(25)23-12-16-8-10-17(22)11-9-16/h4-11,14-15H,12-13H2,1-3H3,(H,23,25)/t15-/m0/s1. The number of para-hydroxylation sites is 1. The number of hydrogen-bond acceptors (Lipinski definition) is 4. The molecule has 0 bridgehead atoms. The molecule has 2 aromatic rings. The van der Waals surface area contributed by atoms with Gasteiger partial charge in [0.2, 0.25) is 0 Å². The van der Waals surface area contributed by atoms with Crippen LogP contribution >= 0.6 is 0 Å². The second-order valence-corrected chi connectivity index (χ2v) is 6.46. The van der Waals surface area contributed by atoms with Gasteiger partial charge in [-0.25, -0.2) is 9.18 Å². The van der Waals surface area contributed by atoms with Crippen LogP contribution in [0.3, 0.4) is 0 Å². The Morgan fingerprint density at radius 2 is 1.70 bits per heavy atom. The molecule has 2 aromatic carbocycles. The van der Waals surface area contributed by atoms with Crippen LogP contribution in [-0.2, 0) is 20.9 Å². The molecule has 1 atom stereocenters. The van der Waals surface area contributed by atoms with Crippen LogP contribution in [0.2, 0.25) is 0 Å². The Hall–Kier alpha value is -2.89. The van der Waals surface area contributed by atoms with Crippen LogP contribution in [0.15, 0.2) is 48.5 Å². The molecule has 0 aliphatic carbocycles. The van der Waals surface area contributed by atoms with E-state index in [1.165, 1.54) is 19.1 Å². The third kappa shape index (κ3) is 6.40. The first-order valence-electron chi connectivity index (χ1n) is 8.80. The summed E-state index contributed by atoms with van der Waals surface area (Å²) in [5.41, 5.74) is 1.74. The number of esters is 1. The van der Waals surface area contributed by atoms with Gasteiger partial charge in [0.25, 0.3) is 5.91 Å². The molecule has 0 heterocycles. The molecule has 0 spiro atoms. The number of benzene rings is 2. The number of rotatable bonds is 8. The lowest BCUT2D eigenvalue weighted by atomic mass is 10.0. The summed E-state index contributed by atoms with van der Waals surface area (Å²) in [6.07, 6.45) is -0.957. The highest BCUT2D eigenvalue weighted by Gasteiger charge is 2.18. The third-order valence-corrected chi connectivity index (χ3v) is 3.94. The molecule has 0 radical (unpaired) electrons. The van der Waals surface area contributed by atoms with Crippen LogP contribution in [-0.4, -0.2) is 24.6 Å². The average molecular weight is 373 g/mol. The van der Waals surface area contributed by atoms with Crippen molar-refractivity contribution in [3.63, 3.8) is 0 Å². The highest BCUT2D eigenvalue weighted by molar-refractivity contribution is 5.83. The summed E-state index contributed by atoms with van der Waals surface area (Å²) in [5, 5.41) is 2.64. The van der Waals surface area contributed by atoms with Gasteiger partial charge in [-0.3, -0.25) is 4.79 Å². The predicted octanol–water partition coefficient (Wildman–Crippen LogP) is 3.58. The second kappa shape index (κ2) is 9.71. The minimum absolute atomic E-state index is 0.221. The van der Waals surface area contributed by atoms with Crippen molar-refractivity contribution in [2.45, 2.75) is 39.3 Å². The van der Waals surface area contributed by atoms with Crippen molar-refractivity contribution < 1.29 is 23.5 Å². The van der Waals surface area contributed by atoms with Gasteiger partial charge in [0, 0.05) is 6.54 Å². The fourth-order valence-electron chi connectivity index (χ4n) is 2.45. The molecule has 1 N–H and O–H groups in total. The largest absolute Gasteiger partial charge is 0.482 e. The quantitative estimate of drug-likeness (QED) is 0.719. The summed E-state index contributed by atoms with van der Waals surface area (Å²) >= 11 is 0. The van der Waals surface area contributed by atoms with Gasteiger partial charge in [0.05, 0.1) is 0 Å². The Bertz CT molecular complexity index is 774. The smallest absolute Gasteiger partial charge is 0.344 e. The molecule has 0 aliphatic heterocycles. The highest BCUT2D eigenvalue weighted by atomic mass is 19.1. The fourth-order valence-corrected chi connectivity index (χ4v) is 2.45.